The highest BCUT2D eigenvalue weighted by Gasteiger charge is 2.16. The van der Waals surface area contributed by atoms with E-state index in [9.17, 15) is 4.79 Å². The van der Waals surface area contributed by atoms with Gasteiger partial charge in [0.15, 0.2) is 0 Å². The lowest BCUT2D eigenvalue weighted by molar-refractivity contribution is 0.0948. The van der Waals surface area contributed by atoms with Crippen LogP contribution in [0.25, 0.3) is 5.65 Å². The summed E-state index contributed by atoms with van der Waals surface area (Å²) >= 11 is 6.01. The van der Waals surface area contributed by atoms with Gasteiger partial charge >= 0.3 is 0 Å². The van der Waals surface area contributed by atoms with Gasteiger partial charge in [-0.15, -0.1) is 0 Å². The van der Waals surface area contributed by atoms with Crippen molar-refractivity contribution in [1.82, 2.24) is 14.8 Å². The van der Waals surface area contributed by atoms with Crippen LogP contribution in [0, 0.1) is 6.92 Å². The zero-order valence-electron chi connectivity index (χ0n) is 14.3. The second-order valence-electron chi connectivity index (χ2n) is 6.14. The van der Waals surface area contributed by atoms with Crippen LogP contribution in [0.2, 0.25) is 5.02 Å². The summed E-state index contributed by atoms with van der Waals surface area (Å²) in [5.41, 5.74) is 6.44. The lowest BCUT2D eigenvalue weighted by atomic mass is 10.0. The van der Waals surface area contributed by atoms with Crippen molar-refractivity contribution in [3.05, 3.63) is 70.1 Å². The normalized spacial score (nSPS) is 11.6. The van der Waals surface area contributed by atoms with E-state index in [2.05, 4.69) is 41.5 Å². The zero-order valence-corrected chi connectivity index (χ0v) is 15.1. The fourth-order valence-electron chi connectivity index (χ4n) is 2.60. The van der Waals surface area contributed by atoms with E-state index < -0.39 is 0 Å². The van der Waals surface area contributed by atoms with Crippen LogP contribution < -0.4 is 5.43 Å². The number of nitrogens with zero attached hydrogens (tertiary/aromatic N) is 3. The van der Waals surface area contributed by atoms with Crippen molar-refractivity contribution >= 4 is 29.4 Å². The predicted octanol–water partition coefficient (Wildman–Crippen LogP) is 4.18. The van der Waals surface area contributed by atoms with Gasteiger partial charge < -0.3 is 0 Å². The Morgan fingerprint density at radius 3 is 2.64 bits per heavy atom. The lowest BCUT2D eigenvalue weighted by Crippen LogP contribution is -2.20. The highest BCUT2D eigenvalue weighted by atomic mass is 35.5. The zero-order chi connectivity index (χ0) is 18.0. The van der Waals surface area contributed by atoms with Gasteiger partial charge in [0.05, 0.1) is 16.9 Å². The molecule has 6 heteroatoms. The molecule has 2 aromatic heterocycles. The van der Waals surface area contributed by atoms with Crippen LogP contribution in [-0.4, -0.2) is 21.5 Å². The van der Waals surface area contributed by atoms with Gasteiger partial charge in [-0.2, -0.15) is 5.10 Å². The number of amides is 1. The van der Waals surface area contributed by atoms with Crippen molar-refractivity contribution in [2.75, 3.05) is 0 Å². The molecule has 0 aliphatic carbocycles. The van der Waals surface area contributed by atoms with E-state index in [4.69, 9.17) is 11.6 Å². The molecule has 0 radical (unpaired) electrons. The molecule has 0 fully saturated rings. The second-order valence-corrected chi connectivity index (χ2v) is 6.58. The summed E-state index contributed by atoms with van der Waals surface area (Å²) in [6.45, 7) is 6.08. The summed E-state index contributed by atoms with van der Waals surface area (Å²) in [4.78, 5) is 16.8. The third kappa shape index (κ3) is 3.72. The largest absolute Gasteiger partial charge is 0.294 e. The first-order valence-corrected chi connectivity index (χ1v) is 8.41. The van der Waals surface area contributed by atoms with Gasteiger partial charge in [-0.05, 0) is 36.1 Å². The Kier molecular flexibility index (Phi) is 4.86. The lowest BCUT2D eigenvalue weighted by Gasteiger charge is -2.04. The molecule has 0 spiro atoms. The molecule has 1 N–H and O–H groups in total. The summed E-state index contributed by atoms with van der Waals surface area (Å²) in [6, 6.07) is 11.6. The number of pyridine rings is 1. The molecule has 0 saturated carbocycles. The van der Waals surface area contributed by atoms with E-state index in [0.29, 0.717) is 28.0 Å². The predicted molar refractivity (Wildman–Crippen MR) is 101 cm³/mol. The van der Waals surface area contributed by atoms with Crippen molar-refractivity contribution in [2.24, 2.45) is 5.10 Å². The maximum atomic E-state index is 12.5. The average molecular weight is 355 g/mol. The number of aryl methyl sites for hydroxylation is 1. The molecule has 5 nitrogen and oxygen atoms in total. The van der Waals surface area contributed by atoms with Gasteiger partial charge in [-0.3, -0.25) is 9.20 Å². The molecular formula is C19H19ClN4O. The van der Waals surface area contributed by atoms with Gasteiger partial charge in [-0.25, -0.2) is 10.4 Å². The molecule has 3 aromatic rings. The van der Waals surface area contributed by atoms with Gasteiger partial charge in [0.1, 0.15) is 11.3 Å². The summed E-state index contributed by atoms with van der Waals surface area (Å²) < 4.78 is 1.67. The summed E-state index contributed by atoms with van der Waals surface area (Å²) in [7, 11) is 0. The Hall–Kier alpha value is -2.66. The number of fused-ring (bicyclic) bond motifs is 1. The Morgan fingerprint density at radius 1 is 1.24 bits per heavy atom. The molecule has 25 heavy (non-hydrogen) atoms. The molecule has 0 bridgehead atoms. The topological polar surface area (TPSA) is 58.8 Å². The first-order valence-electron chi connectivity index (χ1n) is 8.03. The van der Waals surface area contributed by atoms with E-state index >= 15 is 0 Å². The van der Waals surface area contributed by atoms with Crippen LogP contribution in [0.4, 0.5) is 0 Å². The van der Waals surface area contributed by atoms with Crippen LogP contribution in [-0.2, 0) is 0 Å². The molecule has 3 rings (SSSR count). The van der Waals surface area contributed by atoms with E-state index in [-0.39, 0.29) is 5.91 Å². The number of rotatable bonds is 4. The Morgan fingerprint density at radius 2 is 1.96 bits per heavy atom. The molecule has 0 aliphatic heterocycles. The monoisotopic (exact) mass is 354 g/mol. The number of halogens is 1. The van der Waals surface area contributed by atoms with E-state index in [1.54, 1.807) is 35.9 Å². The number of benzene rings is 1. The van der Waals surface area contributed by atoms with Crippen molar-refractivity contribution in [3.63, 3.8) is 0 Å². The maximum Gasteiger partial charge on any atom is 0.290 e. The third-order valence-corrected chi connectivity index (χ3v) is 4.18. The Labute approximate surface area is 151 Å². The summed E-state index contributed by atoms with van der Waals surface area (Å²) in [5, 5.41) is 4.58. The second kappa shape index (κ2) is 7.07. The van der Waals surface area contributed by atoms with Crippen LogP contribution in [0.15, 0.2) is 47.7 Å². The third-order valence-electron chi connectivity index (χ3n) is 3.95. The smallest absolute Gasteiger partial charge is 0.290 e. The molecule has 128 valence electrons. The molecule has 0 atom stereocenters. The molecule has 0 unspecified atom stereocenters. The van der Waals surface area contributed by atoms with Crippen LogP contribution in [0.5, 0.6) is 0 Å². The van der Waals surface area contributed by atoms with Crippen molar-refractivity contribution in [3.8, 4) is 0 Å². The Bertz CT molecular complexity index is 942. The highest BCUT2D eigenvalue weighted by molar-refractivity contribution is 6.30. The number of nitrogens with one attached hydrogen (secondary N) is 1. The van der Waals surface area contributed by atoms with Crippen LogP contribution in [0.1, 0.15) is 47.1 Å². The van der Waals surface area contributed by atoms with E-state index in [1.807, 2.05) is 12.1 Å². The van der Waals surface area contributed by atoms with Crippen molar-refractivity contribution in [1.29, 1.82) is 0 Å². The number of aromatic nitrogens is 2. The molecule has 1 amide bonds. The van der Waals surface area contributed by atoms with Crippen molar-refractivity contribution in [2.45, 2.75) is 26.7 Å². The number of hydrogen-bond acceptors (Lipinski definition) is 3. The summed E-state index contributed by atoms with van der Waals surface area (Å²) in [5.74, 6) is 0.151. The fourth-order valence-corrected chi connectivity index (χ4v) is 2.76. The molecule has 2 heterocycles. The van der Waals surface area contributed by atoms with Gasteiger partial charge in [0.2, 0.25) is 0 Å². The first-order chi connectivity index (χ1) is 12.0. The minimum absolute atomic E-state index is 0.331. The molecular weight excluding hydrogens is 336 g/mol. The number of imidazole rings is 1. The van der Waals surface area contributed by atoms with Crippen molar-refractivity contribution < 1.29 is 4.79 Å². The van der Waals surface area contributed by atoms with Gasteiger partial charge in [0.25, 0.3) is 5.91 Å². The average Bonchev–Trinajstić information content (AvgIpc) is 2.90. The number of hydrazone groups is 1. The van der Waals surface area contributed by atoms with Gasteiger partial charge in [0, 0.05) is 6.20 Å². The first kappa shape index (κ1) is 17.2. The van der Waals surface area contributed by atoms with Gasteiger partial charge in [-0.1, -0.05) is 49.7 Å². The number of carbonyl (C=O) groups is 1. The minimum Gasteiger partial charge on any atom is -0.294 e. The number of carbonyl (C=O) groups excluding carboxylic acids is 1. The van der Waals surface area contributed by atoms with Crippen LogP contribution >= 0.6 is 11.6 Å². The molecule has 0 aliphatic rings. The van der Waals surface area contributed by atoms with E-state index in [1.165, 1.54) is 5.56 Å². The Balaban J connectivity index is 1.76. The minimum atomic E-state index is -0.331. The SMILES string of the molecule is Cc1nc2ccc(Cl)cn2c1C(=O)NN=Cc1ccc(C(C)C)cc1. The van der Waals surface area contributed by atoms with Crippen LogP contribution in [0.3, 0.4) is 0 Å². The standard InChI is InChI=1S/C19H19ClN4O/c1-12(2)15-6-4-14(5-7-15)10-21-23-19(25)18-13(3)22-17-9-8-16(20)11-24(17)18/h4-12H,1-3H3,(H,23,25). The fraction of sp³-hybridized carbons (Fsp3) is 0.211. The summed E-state index contributed by atoms with van der Waals surface area (Å²) in [6.07, 6.45) is 3.29. The molecule has 1 aromatic carbocycles. The maximum absolute atomic E-state index is 12.5. The van der Waals surface area contributed by atoms with E-state index in [0.717, 1.165) is 5.56 Å². The quantitative estimate of drug-likeness (QED) is 0.564. The number of hydrogen-bond donors (Lipinski definition) is 1. The molecule has 0 saturated heterocycles. The highest BCUT2D eigenvalue weighted by Crippen LogP contribution is 2.16.